The molecule has 1 rings (SSSR count). The van der Waals surface area contributed by atoms with Crippen LogP contribution < -0.4 is 5.32 Å². The summed E-state index contributed by atoms with van der Waals surface area (Å²) in [5.74, 6) is 0.704. The summed E-state index contributed by atoms with van der Waals surface area (Å²) in [4.78, 5) is 0. The minimum absolute atomic E-state index is 0.299. The highest BCUT2D eigenvalue weighted by atomic mass is 16.5. The average Bonchev–Trinajstić information content (AvgIpc) is 2.27. The zero-order valence-electron chi connectivity index (χ0n) is 10.3. The molecule has 15 heavy (non-hydrogen) atoms. The van der Waals surface area contributed by atoms with E-state index in [0.29, 0.717) is 18.1 Å². The molecule has 1 heterocycles. The SMILES string of the molecule is CCNC(C)C(C)OCC1CCOCC1. The highest BCUT2D eigenvalue weighted by molar-refractivity contribution is 4.69. The Kier molecular flexibility index (Phi) is 6.22. The van der Waals surface area contributed by atoms with E-state index in [4.69, 9.17) is 9.47 Å². The summed E-state index contributed by atoms with van der Waals surface area (Å²) in [5, 5.41) is 3.38. The average molecular weight is 215 g/mol. The molecule has 0 radical (unpaired) electrons. The Morgan fingerprint density at radius 3 is 2.60 bits per heavy atom. The van der Waals surface area contributed by atoms with Crippen LogP contribution in [0.4, 0.5) is 0 Å². The van der Waals surface area contributed by atoms with Gasteiger partial charge < -0.3 is 14.8 Å². The molecule has 0 bridgehead atoms. The molecule has 3 nitrogen and oxygen atoms in total. The molecule has 0 saturated carbocycles. The fraction of sp³-hybridized carbons (Fsp3) is 1.00. The first-order chi connectivity index (χ1) is 7.24. The van der Waals surface area contributed by atoms with E-state index in [-0.39, 0.29) is 0 Å². The molecule has 0 spiro atoms. The summed E-state index contributed by atoms with van der Waals surface area (Å²) in [7, 11) is 0. The standard InChI is InChI=1S/C12H25NO2/c1-4-13-10(2)11(3)15-9-12-5-7-14-8-6-12/h10-13H,4-9H2,1-3H3. The van der Waals surface area contributed by atoms with E-state index < -0.39 is 0 Å². The third kappa shape index (κ3) is 4.96. The van der Waals surface area contributed by atoms with E-state index in [1.165, 1.54) is 0 Å². The minimum atomic E-state index is 0.299. The van der Waals surface area contributed by atoms with Crippen molar-refractivity contribution in [2.45, 2.75) is 45.8 Å². The molecular formula is C12H25NO2. The predicted molar refractivity (Wildman–Crippen MR) is 62.1 cm³/mol. The van der Waals surface area contributed by atoms with Gasteiger partial charge in [-0.3, -0.25) is 0 Å². The van der Waals surface area contributed by atoms with Crippen LogP contribution in [0.25, 0.3) is 0 Å². The normalized spacial score (nSPS) is 22.6. The fourth-order valence-electron chi connectivity index (χ4n) is 1.83. The number of rotatable bonds is 6. The summed E-state index contributed by atoms with van der Waals surface area (Å²) in [5.41, 5.74) is 0. The number of hydrogen-bond donors (Lipinski definition) is 1. The van der Waals surface area contributed by atoms with Crippen LogP contribution >= 0.6 is 0 Å². The summed E-state index contributed by atoms with van der Waals surface area (Å²) in [6, 6.07) is 0.440. The van der Waals surface area contributed by atoms with E-state index in [1.54, 1.807) is 0 Å². The molecule has 1 aliphatic heterocycles. The predicted octanol–water partition coefficient (Wildman–Crippen LogP) is 1.82. The lowest BCUT2D eigenvalue weighted by Crippen LogP contribution is -2.38. The molecule has 2 atom stereocenters. The van der Waals surface area contributed by atoms with Crippen molar-refractivity contribution in [2.75, 3.05) is 26.4 Å². The second-order valence-corrected chi connectivity index (χ2v) is 4.44. The molecule has 1 fully saturated rings. The van der Waals surface area contributed by atoms with Crippen LogP contribution in [0.3, 0.4) is 0 Å². The molecule has 1 aliphatic rings. The van der Waals surface area contributed by atoms with Crippen LogP contribution in [0.5, 0.6) is 0 Å². The van der Waals surface area contributed by atoms with E-state index in [9.17, 15) is 0 Å². The third-order valence-electron chi connectivity index (χ3n) is 3.17. The van der Waals surface area contributed by atoms with Crippen molar-refractivity contribution in [1.82, 2.24) is 5.32 Å². The van der Waals surface area contributed by atoms with Gasteiger partial charge in [-0.05, 0) is 39.2 Å². The Labute approximate surface area is 93.5 Å². The van der Waals surface area contributed by atoms with Crippen LogP contribution in [-0.4, -0.2) is 38.5 Å². The molecule has 0 aromatic heterocycles. The lowest BCUT2D eigenvalue weighted by molar-refractivity contribution is -0.0146. The first-order valence-electron chi connectivity index (χ1n) is 6.16. The second-order valence-electron chi connectivity index (χ2n) is 4.44. The highest BCUT2D eigenvalue weighted by Crippen LogP contribution is 2.15. The fourth-order valence-corrected chi connectivity index (χ4v) is 1.83. The van der Waals surface area contributed by atoms with E-state index in [1.807, 2.05) is 0 Å². The summed E-state index contributed by atoms with van der Waals surface area (Å²) in [6.07, 6.45) is 2.61. The maximum Gasteiger partial charge on any atom is 0.0697 e. The minimum Gasteiger partial charge on any atom is -0.381 e. The number of nitrogens with one attached hydrogen (secondary N) is 1. The Morgan fingerprint density at radius 2 is 2.00 bits per heavy atom. The molecule has 0 aliphatic carbocycles. The maximum atomic E-state index is 5.88. The molecule has 0 aromatic carbocycles. The van der Waals surface area contributed by atoms with Gasteiger partial charge in [-0.2, -0.15) is 0 Å². The largest absolute Gasteiger partial charge is 0.381 e. The zero-order chi connectivity index (χ0) is 11.1. The molecule has 90 valence electrons. The lowest BCUT2D eigenvalue weighted by Gasteiger charge is -2.26. The first-order valence-corrected chi connectivity index (χ1v) is 6.16. The Bertz CT molecular complexity index is 158. The van der Waals surface area contributed by atoms with Crippen LogP contribution in [0.1, 0.15) is 33.6 Å². The maximum absolute atomic E-state index is 5.88. The van der Waals surface area contributed by atoms with Crippen LogP contribution in [-0.2, 0) is 9.47 Å². The Hall–Kier alpha value is -0.120. The van der Waals surface area contributed by atoms with Crippen LogP contribution in [0.15, 0.2) is 0 Å². The van der Waals surface area contributed by atoms with Crippen molar-refractivity contribution in [3.63, 3.8) is 0 Å². The second kappa shape index (κ2) is 7.20. The van der Waals surface area contributed by atoms with Crippen molar-refractivity contribution in [1.29, 1.82) is 0 Å². The van der Waals surface area contributed by atoms with Gasteiger partial charge in [0.1, 0.15) is 0 Å². The monoisotopic (exact) mass is 215 g/mol. The van der Waals surface area contributed by atoms with Crippen LogP contribution in [0, 0.1) is 5.92 Å². The number of ether oxygens (including phenoxy) is 2. The smallest absolute Gasteiger partial charge is 0.0697 e. The molecule has 2 unspecified atom stereocenters. The van der Waals surface area contributed by atoms with Gasteiger partial charge in [0.05, 0.1) is 6.10 Å². The quantitative estimate of drug-likeness (QED) is 0.733. The molecule has 1 saturated heterocycles. The number of likely N-dealkylation sites (N-methyl/N-ethyl adjacent to an activating group) is 1. The Balaban J connectivity index is 2.11. The van der Waals surface area contributed by atoms with Crippen molar-refractivity contribution in [3.8, 4) is 0 Å². The van der Waals surface area contributed by atoms with Crippen LogP contribution in [0.2, 0.25) is 0 Å². The van der Waals surface area contributed by atoms with Crippen molar-refractivity contribution < 1.29 is 9.47 Å². The van der Waals surface area contributed by atoms with E-state index in [0.717, 1.165) is 39.2 Å². The van der Waals surface area contributed by atoms with Crippen molar-refractivity contribution in [2.24, 2.45) is 5.92 Å². The van der Waals surface area contributed by atoms with Crippen molar-refractivity contribution >= 4 is 0 Å². The summed E-state index contributed by atoms with van der Waals surface area (Å²) in [6.45, 7) is 10.2. The van der Waals surface area contributed by atoms with Gasteiger partial charge in [0, 0.05) is 25.9 Å². The van der Waals surface area contributed by atoms with Gasteiger partial charge in [0.15, 0.2) is 0 Å². The summed E-state index contributed by atoms with van der Waals surface area (Å²) >= 11 is 0. The molecular weight excluding hydrogens is 190 g/mol. The van der Waals surface area contributed by atoms with Gasteiger partial charge in [-0.15, -0.1) is 0 Å². The van der Waals surface area contributed by atoms with Gasteiger partial charge in [-0.1, -0.05) is 6.92 Å². The van der Waals surface area contributed by atoms with Gasteiger partial charge in [0.25, 0.3) is 0 Å². The summed E-state index contributed by atoms with van der Waals surface area (Å²) < 4.78 is 11.2. The van der Waals surface area contributed by atoms with Gasteiger partial charge in [0.2, 0.25) is 0 Å². The van der Waals surface area contributed by atoms with Gasteiger partial charge >= 0.3 is 0 Å². The first kappa shape index (κ1) is 12.9. The van der Waals surface area contributed by atoms with Crippen molar-refractivity contribution in [3.05, 3.63) is 0 Å². The van der Waals surface area contributed by atoms with E-state index >= 15 is 0 Å². The van der Waals surface area contributed by atoms with E-state index in [2.05, 4.69) is 26.1 Å². The zero-order valence-corrected chi connectivity index (χ0v) is 10.3. The molecule has 3 heteroatoms. The number of hydrogen-bond acceptors (Lipinski definition) is 3. The molecule has 1 N–H and O–H groups in total. The highest BCUT2D eigenvalue weighted by Gasteiger charge is 2.17. The molecule has 0 aromatic rings. The lowest BCUT2D eigenvalue weighted by atomic mass is 10.0. The molecule has 0 amide bonds. The van der Waals surface area contributed by atoms with Gasteiger partial charge in [-0.25, -0.2) is 0 Å². The third-order valence-corrected chi connectivity index (χ3v) is 3.17. The topological polar surface area (TPSA) is 30.5 Å². The Morgan fingerprint density at radius 1 is 1.33 bits per heavy atom.